The maximum atomic E-state index is 5.98. The van der Waals surface area contributed by atoms with Gasteiger partial charge in [0.15, 0.2) is 5.96 Å². The first-order valence-corrected chi connectivity index (χ1v) is 7.97. The number of nitrogens with zero attached hydrogens (tertiary/aromatic N) is 3. The van der Waals surface area contributed by atoms with Gasteiger partial charge in [0.25, 0.3) is 0 Å². The quantitative estimate of drug-likeness (QED) is 0.449. The van der Waals surface area contributed by atoms with Crippen molar-refractivity contribution < 1.29 is 0 Å². The lowest BCUT2D eigenvalue weighted by molar-refractivity contribution is 0.412. The number of nitrogens with one attached hydrogen (secondary N) is 1. The van der Waals surface area contributed by atoms with Gasteiger partial charge in [-0.3, -0.25) is 0 Å². The van der Waals surface area contributed by atoms with Gasteiger partial charge in [0, 0.05) is 18.4 Å². The van der Waals surface area contributed by atoms with Crippen LogP contribution in [-0.4, -0.2) is 21.8 Å². The molecule has 1 aliphatic rings. The number of rotatable bonds is 4. The SMILES string of the molecule is I.NC(=NCc1ccc(-n2cccn2)cc1)NC1CCCCC1. The molecule has 3 N–H and O–H groups in total. The Balaban J connectivity index is 0.00000192. The minimum absolute atomic E-state index is 0. The van der Waals surface area contributed by atoms with Crippen LogP contribution in [0.3, 0.4) is 0 Å². The van der Waals surface area contributed by atoms with Crippen molar-refractivity contribution in [3.05, 3.63) is 48.3 Å². The lowest BCUT2D eigenvalue weighted by atomic mass is 9.96. The van der Waals surface area contributed by atoms with Gasteiger partial charge in [-0.05, 0) is 36.6 Å². The highest BCUT2D eigenvalue weighted by molar-refractivity contribution is 14.0. The number of benzene rings is 1. The van der Waals surface area contributed by atoms with Gasteiger partial charge in [-0.15, -0.1) is 24.0 Å². The third kappa shape index (κ3) is 5.23. The van der Waals surface area contributed by atoms with Gasteiger partial charge >= 0.3 is 0 Å². The Hall–Kier alpha value is -1.57. The molecule has 6 heteroatoms. The maximum Gasteiger partial charge on any atom is 0.189 e. The summed E-state index contributed by atoms with van der Waals surface area (Å²) < 4.78 is 1.84. The fourth-order valence-corrected chi connectivity index (χ4v) is 2.85. The predicted octanol–water partition coefficient (Wildman–Crippen LogP) is 3.23. The highest BCUT2D eigenvalue weighted by atomic mass is 127. The van der Waals surface area contributed by atoms with Gasteiger partial charge in [0.2, 0.25) is 0 Å². The Morgan fingerprint density at radius 1 is 1.22 bits per heavy atom. The molecule has 1 aromatic carbocycles. The minimum atomic E-state index is 0. The molecular weight excluding hydrogens is 401 g/mol. The molecule has 124 valence electrons. The van der Waals surface area contributed by atoms with Crippen molar-refractivity contribution in [2.45, 2.75) is 44.7 Å². The lowest BCUT2D eigenvalue weighted by Crippen LogP contribution is -2.41. The number of aromatic nitrogens is 2. The summed E-state index contributed by atoms with van der Waals surface area (Å²) in [5, 5.41) is 7.55. The molecular formula is C17H24IN5. The average Bonchev–Trinajstić information content (AvgIpc) is 3.09. The third-order valence-corrected chi connectivity index (χ3v) is 4.09. The summed E-state index contributed by atoms with van der Waals surface area (Å²) in [5.41, 5.74) is 8.17. The Morgan fingerprint density at radius 3 is 2.61 bits per heavy atom. The molecule has 0 amide bonds. The number of aliphatic imine (C=N–C) groups is 1. The smallest absolute Gasteiger partial charge is 0.189 e. The Kier molecular flexibility index (Phi) is 6.88. The second-order valence-corrected chi connectivity index (χ2v) is 5.80. The second-order valence-electron chi connectivity index (χ2n) is 5.80. The van der Waals surface area contributed by atoms with E-state index in [1.807, 2.05) is 29.1 Å². The molecule has 0 atom stereocenters. The highest BCUT2D eigenvalue weighted by Gasteiger charge is 2.13. The van der Waals surface area contributed by atoms with Crippen LogP contribution < -0.4 is 11.1 Å². The number of nitrogens with two attached hydrogens (primary N) is 1. The maximum absolute atomic E-state index is 5.98. The first kappa shape index (κ1) is 17.8. The Bertz CT molecular complexity index is 600. The van der Waals surface area contributed by atoms with Crippen LogP contribution in [0.15, 0.2) is 47.7 Å². The summed E-state index contributed by atoms with van der Waals surface area (Å²) in [6.07, 6.45) is 10.0. The van der Waals surface area contributed by atoms with Gasteiger partial charge in [-0.25, -0.2) is 9.67 Å². The lowest BCUT2D eigenvalue weighted by Gasteiger charge is -2.23. The zero-order valence-electron chi connectivity index (χ0n) is 13.2. The van der Waals surface area contributed by atoms with E-state index in [2.05, 4.69) is 27.5 Å². The van der Waals surface area contributed by atoms with Crippen molar-refractivity contribution in [3.8, 4) is 5.69 Å². The summed E-state index contributed by atoms with van der Waals surface area (Å²) in [5.74, 6) is 0.558. The van der Waals surface area contributed by atoms with Gasteiger partial charge in [0.05, 0.1) is 12.2 Å². The molecule has 0 unspecified atom stereocenters. The summed E-state index contributed by atoms with van der Waals surface area (Å²) in [6, 6.07) is 10.6. The van der Waals surface area contributed by atoms with Crippen LogP contribution in [0, 0.1) is 0 Å². The van der Waals surface area contributed by atoms with Crippen LogP contribution in [0.2, 0.25) is 0 Å². The molecule has 1 heterocycles. The fraction of sp³-hybridized carbons (Fsp3) is 0.412. The van der Waals surface area contributed by atoms with Gasteiger partial charge in [0.1, 0.15) is 0 Å². The fourth-order valence-electron chi connectivity index (χ4n) is 2.85. The number of hydrogen-bond donors (Lipinski definition) is 2. The van der Waals surface area contributed by atoms with E-state index >= 15 is 0 Å². The van der Waals surface area contributed by atoms with Gasteiger partial charge < -0.3 is 11.1 Å². The first-order chi connectivity index (χ1) is 10.8. The summed E-state index contributed by atoms with van der Waals surface area (Å²) in [7, 11) is 0. The van der Waals surface area contributed by atoms with E-state index in [1.165, 1.54) is 32.1 Å². The van der Waals surface area contributed by atoms with E-state index in [1.54, 1.807) is 6.20 Å². The Labute approximate surface area is 154 Å². The minimum Gasteiger partial charge on any atom is -0.370 e. The van der Waals surface area contributed by atoms with Gasteiger partial charge in [-0.2, -0.15) is 5.10 Å². The third-order valence-electron chi connectivity index (χ3n) is 4.09. The van der Waals surface area contributed by atoms with Crippen LogP contribution in [0.25, 0.3) is 5.69 Å². The van der Waals surface area contributed by atoms with Crippen molar-refractivity contribution in [2.75, 3.05) is 0 Å². The molecule has 3 rings (SSSR count). The number of guanidine groups is 1. The van der Waals surface area contributed by atoms with E-state index in [4.69, 9.17) is 5.73 Å². The molecule has 1 fully saturated rings. The zero-order chi connectivity index (χ0) is 15.2. The molecule has 1 aliphatic carbocycles. The van der Waals surface area contributed by atoms with E-state index < -0.39 is 0 Å². The van der Waals surface area contributed by atoms with Gasteiger partial charge in [-0.1, -0.05) is 31.4 Å². The first-order valence-electron chi connectivity index (χ1n) is 7.97. The summed E-state index contributed by atoms with van der Waals surface area (Å²) in [6.45, 7) is 0.602. The average molecular weight is 425 g/mol. The van der Waals surface area contributed by atoms with Crippen LogP contribution in [0.1, 0.15) is 37.7 Å². The zero-order valence-corrected chi connectivity index (χ0v) is 15.5. The molecule has 23 heavy (non-hydrogen) atoms. The van der Waals surface area contributed by atoms with Crippen molar-refractivity contribution >= 4 is 29.9 Å². The Morgan fingerprint density at radius 2 is 1.96 bits per heavy atom. The monoisotopic (exact) mass is 425 g/mol. The molecule has 0 spiro atoms. The second kappa shape index (κ2) is 8.90. The topological polar surface area (TPSA) is 68.2 Å². The summed E-state index contributed by atoms with van der Waals surface area (Å²) >= 11 is 0. The predicted molar refractivity (Wildman–Crippen MR) is 104 cm³/mol. The van der Waals surface area contributed by atoms with Crippen molar-refractivity contribution in [2.24, 2.45) is 10.7 Å². The normalized spacial score (nSPS) is 15.9. The number of hydrogen-bond acceptors (Lipinski definition) is 2. The molecule has 0 saturated heterocycles. The van der Waals surface area contributed by atoms with E-state index in [0.717, 1.165) is 11.3 Å². The number of halogens is 1. The molecule has 0 bridgehead atoms. The largest absolute Gasteiger partial charge is 0.370 e. The molecule has 1 saturated carbocycles. The van der Waals surface area contributed by atoms with Crippen LogP contribution in [-0.2, 0) is 6.54 Å². The standard InChI is InChI=1S/C17H23N5.HI/c18-17(21-15-5-2-1-3-6-15)19-13-14-7-9-16(10-8-14)22-12-4-11-20-22;/h4,7-12,15H,1-3,5-6,13H2,(H3,18,19,21);1H. The molecule has 0 radical (unpaired) electrons. The van der Waals surface area contributed by atoms with Crippen molar-refractivity contribution in [1.82, 2.24) is 15.1 Å². The van der Waals surface area contributed by atoms with Crippen LogP contribution >= 0.6 is 24.0 Å². The molecule has 1 aromatic heterocycles. The summed E-state index contributed by atoms with van der Waals surface area (Å²) in [4.78, 5) is 4.44. The van der Waals surface area contributed by atoms with E-state index in [-0.39, 0.29) is 24.0 Å². The van der Waals surface area contributed by atoms with Crippen LogP contribution in [0.4, 0.5) is 0 Å². The van der Waals surface area contributed by atoms with Crippen LogP contribution in [0.5, 0.6) is 0 Å². The highest BCUT2D eigenvalue weighted by Crippen LogP contribution is 2.17. The van der Waals surface area contributed by atoms with Crippen molar-refractivity contribution in [3.63, 3.8) is 0 Å². The van der Waals surface area contributed by atoms with E-state index in [0.29, 0.717) is 18.5 Å². The van der Waals surface area contributed by atoms with Crippen molar-refractivity contribution in [1.29, 1.82) is 0 Å². The molecule has 5 nitrogen and oxygen atoms in total. The molecule has 0 aliphatic heterocycles. The van der Waals surface area contributed by atoms with E-state index in [9.17, 15) is 0 Å². The molecule has 2 aromatic rings.